The summed E-state index contributed by atoms with van der Waals surface area (Å²) in [5.41, 5.74) is 2.81. The van der Waals surface area contributed by atoms with Crippen LogP contribution >= 0.6 is 11.6 Å². The number of methoxy groups -OCH3 is 1. The Morgan fingerprint density at radius 1 is 1.42 bits per heavy atom. The molecule has 0 spiro atoms. The normalized spacial score (nSPS) is 14.1. The van der Waals surface area contributed by atoms with E-state index in [0.717, 1.165) is 31.1 Å². The standard InChI is InChI=1S/C17H19ClN4O2/c1-24-16-9-15(20-11-21-16)17(23)19-6-8-22-7-5-13-12(10-22)3-2-4-14(13)18/h2-4,9,11H,5-8,10H2,1H3,(H,19,23). The largest absolute Gasteiger partial charge is 0.481 e. The highest BCUT2D eigenvalue weighted by Gasteiger charge is 2.18. The molecule has 24 heavy (non-hydrogen) atoms. The summed E-state index contributed by atoms with van der Waals surface area (Å²) < 4.78 is 5.00. The van der Waals surface area contributed by atoms with Crippen LogP contribution in [0.4, 0.5) is 0 Å². The summed E-state index contributed by atoms with van der Waals surface area (Å²) in [5, 5.41) is 3.73. The maximum absolute atomic E-state index is 12.1. The first-order chi connectivity index (χ1) is 11.7. The number of nitrogens with zero attached hydrogens (tertiary/aromatic N) is 3. The Morgan fingerprint density at radius 2 is 2.29 bits per heavy atom. The molecule has 1 N–H and O–H groups in total. The van der Waals surface area contributed by atoms with Crippen molar-refractivity contribution in [1.82, 2.24) is 20.2 Å². The van der Waals surface area contributed by atoms with Gasteiger partial charge in [0.2, 0.25) is 5.88 Å². The van der Waals surface area contributed by atoms with Gasteiger partial charge in [-0.05, 0) is 23.6 Å². The molecule has 7 heteroatoms. The predicted molar refractivity (Wildman–Crippen MR) is 91.4 cm³/mol. The lowest BCUT2D eigenvalue weighted by molar-refractivity contribution is 0.0941. The number of carbonyl (C=O) groups excluding carboxylic acids is 1. The van der Waals surface area contributed by atoms with E-state index in [1.54, 1.807) is 0 Å². The summed E-state index contributed by atoms with van der Waals surface area (Å²) in [4.78, 5) is 22.3. The number of amides is 1. The van der Waals surface area contributed by atoms with Crippen molar-refractivity contribution in [2.75, 3.05) is 26.7 Å². The van der Waals surface area contributed by atoms with Gasteiger partial charge in [-0.25, -0.2) is 9.97 Å². The fourth-order valence-electron chi connectivity index (χ4n) is 2.81. The highest BCUT2D eigenvalue weighted by atomic mass is 35.5. The first-order valence-corrected chi connectivity index (χ1v) is 8.18. The van der Waals surface area contributed by atoms with E-state index in [-0.39, 0.29) is 5.91 Å². The van der Waals surface area contributed by atoms with Crippen molar-refractivity contribution < 1.29 is 9.53 Å². The van der Waals surface area contributed by atoms with Gasteiger partial charge in [-0.1, -0.05) is 23.7 Å². The highest BCUT2D eigenvalue weighted by Crippen LogP contribution is 2.25. The van der Waals surface area contributed by atoms with Gasteiger partial charge in [-0.15, -0.1) is 0 Å². The Labute approximate surface area is 145 Å². The lowest BCUT2D eigenvalue weighted by Crippen LogP contribution is -2.38. The van der Waals surface area contributed by atoms with Gasteiger partial charge in [-0.3, -0.25) is 9.69 Å². The molecule has 0 atom stereocenters. The SMILES string of the molecule is COc1cc(C(=O)NCCN2CCc3c(Cl)cccc3C2)ncn1. The Morgan fingerprint density at radius 3 is 3.12 bits per heavy atom. The second kappa shape index (κ2) is 7.59. The van der Waals surface area contributed by atoms with Crippen molar-refractivity contribution in [2.24, 2.45) is 0 Å². The van der Waals surface area contributed by atoms with Gasteiger partial charge in [0, 0.05) is 37.3 Å². The highest BCUT2D eigenvalue weighted by molar-refractivity contribution is 6.31. The van der Waals surface area contributed by atoms with Crippen molar-refractivity contribution in [3.8, 4) is 5.88 Å². The van der Waals surface area contributed by atoms with Crippen molar-refractivity contribution in [1.29, 1.82) is 0 Å². The number of rotatable bonds is 5. The molecule has 0 bridgehead atoms. The van der Waals surface area contributed by atoms with E-state index in [1.807, 2.05) is 12.1 Å². The molecule has 0 saturated heterocycles. The number of nitrogens with one attached hydrogen (secondary N) is 1. The van der Waals surface area contributed by atoms with Crippen LogP contribution in [-0.4, -0.2) is 47.5 Å². The fraction of sp³-hybridized carbons (Fsp3) is 0.353. The summed E-state index contributed by atoms with van der Waals surface area (Å²) in [6.07, 6.45) is 2.26. The summed E-state index contributed by atoms with van der Waals surface area (Å²) in [6, 6.07) is 7.55. The molecule has 3 rings (SSSR count). The van der Waals surface area contributed by atoms with Crippen LogP contribution in [0.15, 0.2) is 30.6 Å². The third-order valence-electron chi connectivity index (χ3n) is 4.09. The zero-order valence-corrected chi connectivity index (χ0v) is 14.2. The molecule has 2 aromatic rings. The molecule has 1 aromatic carbocycles. The Hall–Kier alpha value is -2.18. The van der Waals surface area contributed by atoms with Crippen LogP contribution in [0.1, 0.15) is 21.6 Å². The first-order valence-electron chi connectivity index (χ1n) is 7.80. The number of benzene rings is 1. The van der Waals surface area contributed by atoms with E-state index in [0.29, 0.717) is 18.1 Å². The molecule has 0 fully saturated rings. The maximum Gasteiger partial charge on any atom is 0.270 e. The summed E-state index contributed by atoms with van der Waals surface area (Å²) >= 11 is 6.23. The van der Waals surface area contributed by atoms with Gasteiger partial charge < -0.3 is 10.1 Å². The minimum atomic E-state index is -0.226. The van der Waals surface area contributed by atoms with Gasteiger partial charge in [-0.2, -0.15) is 0 Å². The summed E-state index contributed by atoms with van der Waals surface area (Å²) in [6.45, 7) is 3.13. The second-order valence-corrected chi connectivity index (χ2v) is 6.01. The molecule has 0 unspecified atom stereocenters. The molecule has 0 saturated carbocycles. The molecule has 6 nitrogen and oxygen atoms in total. The van der Waals surface area contributed by atoms with Crippen LogP contribution in [0, 0.1) is 0 Å². The van der Waals surface area contributed by atoms with Gasteiger partial charge in [0.25, 0.3) is 5.91 Å². The monoisotopic (exact) mass is 346 g/mol. The zero-order chi connectivity index (χ0) is 16.9. The van der Waals surface area contributed by atoms with Crippen LogP contribution in [0.5, 0.6) is 5.88 Å². The van der Waals surface area contributed by atoms with E-state index in [4.69, 9.17) is 16.3 Å². The molecular weight excluding hydrogens is 328 g/mol. The molecule has 1 aromatic heterocycles. The first kappa shape index (κ1) is 16.7. The average molecular weight is 347 g/mol. The Bertz CT molecular complexity index is 738. The van der Waals surface area contributed by atoms with E-state index < -0.39 is 0 Å². The molecule has 2 heterocycles. The lowest BCUT2D eigenvalue weighted by Gasteiger charge is -2.29. The number of hydrogen-bond acceptors (Lipinski definition) is 5. The van der Waals surface area contributed by atoms with E-state index >= 15 is 0 Å². The third kappa shape index (κ3) is 3.83. The molecule has 0 aliphatic carbocycles. The number of aromatic nitrogens is 2. The quantitative estimate of drug-likeness (QED) is 0.896. The number of halogens is 1. The van der Waals surface area contributed by atoms with Gasteiger partial charge in [0.1, 0.15) is 12.0 Å². The number of fused-ring (bicyclic) bond motifs is 1. The number of ether oxygens (including phenoxy) is 1. The van der Waals surface area contributed by atoms with E-state index in [1.165, 1.54) is 30.6 Å². The van der Waals surface area contributed by atoms with Gasteiger partial charge in [0.15, 0.2) is 0 Å². The molecule has 1 aliphatic heterocycles. The maximum atomic E-state index is 12.1. The Balaban J connectivity index is 1.51. The van der Waals surface area contributed by atoms with E-state index in [2.05, 4.69) is 26.3 Å². The van der Waals surface area contributed by atoms with Crippen molar-refractivity contribution in [3.05, 3.63) is 52.4 Å². The van der Waals surface area contributed by atoms with Crippen LogP contribution < -0.4 is 10.1 Å². The van der Waals surface area contributed by atoms with Crippen LogP contribution in [0.2, 0.25) is 5.02 Å². The third-order valence-corrected chi connectivity index (χ3v) is 4.44. The second-order valence-electron chi connectivity index (χ2n) is 5.61. The molecule has 1 amide bonds. The zero-order valence-electron chi connectivity index (χ0n) is 13.5. The van der Waals surface area contributed by atoms with E-state index in [9.17, 15) is 4.79 Å². The predicted octanol–water partition coefficient (Wildman–Crippen LogP) is 1.93. The Kier molecular flexibility index (Phi) is 5.27. The summed E-state index contributed by atoms with van der Waals surface area (Å²) in [5.74, 6) is 0.149. The van der Waals surface area contributed by atoms with Gasteiger partial charge in [0.05, 0.1) is 7.11 Å². The molecule has 0 radical (unpaired) electrons. The average Bonchev–Trinajstić information content (AvgIpc) is 2.62. The van der Waals surface area contributed by atoms with Crippen LogP contribution in [0.3, 0.4) is 0 Å². The van der Waals surface area contributed by atoms with Crippen molar-refractivity contribution >= 4 is 17.5 Å². The number of carbonyl (C=O) groups is 1. The topological polar surface area (TPSA) is 67.3 Å². The van der Waals surface area contributed by atoms with Crippen LogP contribution in [0.25, 0.3) is 0 Å². The van der Waals surface area contributed by atoms with Gasteiger partial charge >= 0.3 is 0 Å². The minimum Gasteiger partial charge on any atom is -0.481 e. The smallest absolute Gasteiger partial charge is 0.270 e. The fourth-order valence-corrected chi connectivity index (χ4v) is 3.09. The minimum absolute atomic E-state index is 0.226. The number of hydrogen-bond donors (Lipinski definition) is 1. The summed E-state index contributed by atoms with van der Waals surface area (Å²) in [7, 11) is 1.50. The molecule has 1 aliphatic rings. The van der Waals surface area contributed by atoms with Crippen molar-refractivity contribution in [3.63, 3.8) is 0 Å². The molecular formula is C17H19ClN4O2. The van der Waals surface area contributed by atoms with Crippen molar-refractivity contribution in [2.45, 2.75) is 13.0 Å². The lowest BCUT2D eigenvalue weighted by atomic mass is 10.00. The molecule has 126 valence electrons. The van der Waals surface area contributed by atoms with Crippen LogP contribution in [-0.2, 0) is 13.0 Å².